The van der Waals surface area contributed by atoms with Crippen molar-refractivity contribution < 1.29 is 22.7 Å². The molecule has 6 nitrogen and oxygen atoms in total. The maximum absolute atomic E-state index is 12.6. The van der Waals surface area contributed by atoms with E-state index in [1.165, 1.54) is 18.3 Å². The van der Waals surface area contributed by atoms with E-state index >= 15 is 0 Å². The lowest BCUT2D eigenvalue weighted by Gasteiger charge is -2.33. The van der Waals surface area contributed by atoms with Gasteiger partial charge >= 0.3 is 5.97 Å². The van der Waals surface area contributed by atoms with Gasteiger partial charge in [0.25, 0.3) is 0 Å². The van der Waals surface area contributed by atoms with Crippen LogP contribution in [0.15, 0.2) is 0 Å². The molecule has 0 bridgehead atoms. The van der Waals surface area contributed by atoms with E-state index in [0.29, 0.717) is 19.4 Å². The maximum atomic E-state index is 12.6. The number of hydrogen-bond acceptors (Lipinski definition) is 5. The summed E-state index contributed by atoms with van der Waals surface area (Å²) in [5, 5.41) is -1.22. The molecule has 21 heavy (non-hydrogen) atoms. The third-order valence-corrected chi connectivity index (χ3v) is 6.81. The van der Waals surface area contributed by atoms with Gasteiger partial charge in [-0.15, -0.1) is 0 Å². The second kappa shape index (κ2) is 6.44. The number of sulfonamides is 1. The van der Waals surface area contributed by atoms with Crippen LogP contribution in [0.25, 0.3) is 0 Å². The van der Waals surface area contributed by atoms with Crippen LogP contribution in [0, 0.1) is 5.92 Å². The number of esters is 1. The van der Waals surface area contributed by atoms with E-state index in [1.807, 2.05) is 0 Å². The van der Waals surface area contributed by atoms with Crippen molar-refractivity contribution in [1.82, 2.24) is 4.31 Å². The van der Waals surface area contributed by atoms with E-state index < -0.39 is 21.2 Å². The second-order valence-electron chi connectivity index (χ2n) is 5.85. The molecule has 0 radical (unpaired) electrons. The molecule has 0 aromatic heterocycles. The molecule has 0 aromatic carbocycles. The van der Waals surface area contributed by atoms with E-state index in [-0.39, 0.29) is 17.7 Å². The molecule has 120 valence electrons. The molecule has 1 saturated heterocycles. The molecule has 0 amide bonds. The van der Waals surface area contributed by atoms with Crippen LogP contribution >= 0.6 is 0 Å². The van der Waals surface area contributed by atoms with Crippen molar-refractivity contribution in [2.24, 2.45) is 5.92 Å². The van der Waals surface area contributed by atoms with Crippen molar-refractivity contribution in [2.45, 2.75) is 56.7 Å². The Kier molecular flexibility index (Phi) is 5.03. The summed E-state index contributed by atoms with van der Waals surface area (Å²) < 4.78 is 31.1. The predicted octanol–water partition coefficient (Wildman–Crippen LogP) is 1.10. The van der Waals surface area contributed by atoms with Crippen LogP contribution in [-0.4, -0.2) is 49.4 Å². The van der Waals surface area contributed by atoms with E-state index in [2.05, 4.69) is 4.74 Å². The Labute approximate surface area is 125 Å². The number of methoxy groups -OCH3 is 1. The van der Waals surface area contributed by atoms with Gasteiger partial charge in [-0.3, -0.25) is 9.59 Å². The van der Waals surface area contributed by atoms with Crippen molar-refractivity contribution >= 4 is 21.8 Å². The standard InChI is InChI=1S/C14H23NO5S/c1-10(14(17)20-2)21(18,19)15-9-5-7-12(15)11-6-3-4-8-13(11)16/h10-12H,3-9H2,1-2H3. The zero-order valence-corrected chi connectivity index (χ0v) is 13.4. The highest BCUT2D eigenvalue weighted by atomic mass is 32.2. The highest BCUT2D eigenvalue weighted by Crippen LogP contribution is 2.34. The Morgan fingerprint density at radius 3 is 2.62 bits per heavy atom. The van der Waals surface area contributed by atoms with Gasteiger partial charge in [0.05, 0.1) is 7.11 Å². The zero-order chi connectivity index (χ0) is 15.6. The normalized spacial score (nSPS) is 29.3. The van der Waals surface area contributed by atoms with Crippen LogP contribution in [0.3, 0.4) is 0 Å². The molecule has 2 aliphatic rings. The lowest BCUT2D eigenvalue weighted by molar-refractivity contribution is -0.139. The lowest BCUT2D eigenvalue weighted by Crippen LogP contribution is -2.48. The number of ketones is 1. The molecule has 0 spiro atoms. The lowest BCUT2D eigenvalue weighted by atomic mass is 9.82. The Morgan fingerprint density at radius 2 is 2.00 bits per heavy atom. The average Bonchev–Trinajstić information content (AvgIpc) is 2.96. The summed E-state index contributed by atoms with van der Waals surface area (Å²) in [6, 6.07) is -0.282. The molecular weight excluding hydrogens is 294 g/mol. The fraction of sp³-hybridized carbons (Fsp3) is 0.857. The van der Waals surface area contributed by atoms with Crippen molar-refractivity contribution in [3.63, 3.8) is 0 Å². The molecule has 1 heterocycles. The fourth-order valence-electron chi connectivity index (χ4n) is 3.39. The van der Waals surface area contributed by atoms with Crippen molar-refractivity contribution in [2.75, 3.05) is 13.7 Å². The van der Waals surface area contributed by atoms with Gasteiger partial charge in [-0.25, -0.2) is 8.42 Å². The molecule has 2 fully saturated rings. The Hall–Kier alpha value is -0.950. The quantitative estimate of drug-likeness (QED) is 0.725. The summed E-state index contributed by atoms with van der Waals surface area (Å²) in [5.41, 5.74) is 0. The van der Waals surface area contributed by atoms with Gasteiger partial charge in [-0.1, -0.05) is 6.42 Å². The van der Waals surface area contributed by atoms with Gasteiger partial charge in [0.2, 0.25) is 10.0 Å². The molecule has 3 atom stereocenters. The topological polar surface area (TPSA) is 80.8 Å². The van der Waals surface area contributed by atoms with Gasteiger partial charge in [-0.2, -0.15) is 4.31 Å². The van der Waals surface area contributed by atoms with Gasteiger partial charge in [-0.05, 0) is 32.6 Å². The van der Waals surface area contributed by atoms with Crippen molar-refractivity contribution in [3.8, 4) is 0 Å². The molecule has 7 heteroatoms. The molecule has 1 aliphatic heterocycles. The molecule has 1 saturated carbocycles. The minimum atomic E-state index is -3.77. The fourth-order valence-corrected chi connectivity index (χ4v) is 5.15. The highest BCUT2D eigenvalue weighted by molar-refractivity contribution is 7.90. The summed E-state index contributed by atoms with van der Waals surface area (Å²) in [6.45, 7) is 1.73. The highest BCUT2D eigenvalue weighted by Gasteiger charge is 2.45. The Bertz CT molecular complexity index is 515. The number of Topliss-reactive ketones (excluding diaryl/α,β-unsaturated/α-hetero) is 1. The first-order chi connectivity index (χ1) is 9.89. The van der Waals surface area contributed by atoms with Gasteiger partial charge in [0.1, 0.15) is 5.78 Å². The molecule has 1 aliphatic carbocycles. The minimum Gasteiger partial charge on any atom is -0.468 e. The number of nitrogens with zero attached hydrogens (tertiary/aromatic N) is 1. The largest absolute Gasteiger partial charge is 0.468 e. The first-order valence-electron chi connectivity index (χ1n) is 7.50. The third kappa shape index (κ3) is 3.13. The first kappa shape index (κ1) is 16.4. The second-order valence-corrected chi connectivity index (χ2v) is 8.06. The van der Waals surface area contributed by atoms with Crippen LogP contribution in [0.4, 0.5) is 0 Å². The summed E-state index contributed by atoms with van der Waals surface area (Å²) in [7, 11) is -2.58. The van der Waals surface area contributed by atoms with Gasteiger partial charge in [0, 0.05) is 24.9 Å². The SMILES string of the molecule is COC(=O)C(C)S(=O)(=O)N1CCCC1C1CCCCC1=O. The minimum absolute atomic E-state index is 0.166. The van der Waals surface area contributed by atoms with Crippen molar-refractivity contribution in [3.05, 3.63) is 0 Å². The maximum Gasteiger partial charge on any atom is 0.325 e. The molecule has 3 unspecified atom stereocenters. The molecule has 2 rings (SSSR count). The van der Waals surface area contributed by atoms with Crippen LogP contribution in [0.1, 0.15) is 45.4 Å². The molecule has 0 aromatic rings. The van der Waals surface area contributed by atoms with Gasteiger partial charge in [0.15, 0.2) is 5.25 Å². The summed E-state index contributed by atoms with van der Waals surface area (Å²) in [6.07, 6.45) is 4.59. The molecule has 0 N–H and O–H groups in total. The molecular formula is C14H23NO5S. The van der Waals surface area contributed by atoms with E-state index in [0.717, 1.165) is 25.7 Å². The van der Waals surface area contributed by atoms with Crippen LogP contribution < -0.4 is 0 Å². The van der Waals surface area contributed by atoms with E-state index in [1.54, 1.807) is 0 Å². The zero-order valence-electron chi connectivity index (χ0n) is 12.6. The summed E-state index contributed by atoms with van der Waals surface area (Å²) in [5.74, 6) is -0.796. The van der Waals surface area contributed by atoms with Gasteiger partial charge < -0.3 is 4.74 Å². The number of ether oxygens (including phenoxy) is 1. The number of rotatable bonds is 4. The van der Waals surface area contributed by atoms with Crippen LogP contribution in [0.5, 0.6) is 0 Å². The Morgan fingerprint density at radius 1 is 1.29 bits per heavy atom. The van der Waals surface area contributed by atoms with Crippen LogP contribution in [-0.2, 0) is 24.3 Å². The van der Waals surface area contributed by atoms with E-state index in [9.17, 15) is 18.0 Å². The average molecular weight is 317 g/mol. The van der Waals surface area contributed by atoms with Crippen molar-refractivity contribution in [1.29, 1.82) is 0 Å². The Balaban J connectivity index is 2.21. The number of hydrogen-bond donors (Lipinski definition) is 0. The smallest absolute Gasteiger partial charge is 0.325 e. The monoisotopic (exact) mass is 317 g/mol. The number of carbonyl (C=O) groups is 2. The summed E-state index contributed by atoms with van der Waals surface area (Å²) in [4.78, 5) is 23.7. The number of carbonyl (C=O) groups excluding carboxylic acids is 2. The first-order valence-corrected chi connectivity index (χ1v) is 9.01. The summed E-state index contributed by atoms with van der Waals surface area (Å²) >= 11 is 0. The van der Waals surface area contributed by atoms with E-state index in [4.69, 9.17) is 0 Å². The third-order valence-electron chi connectivity index (χ3n) is 4.62. The predicted molar refractivity (Wildman–Crippen MR) is 77.1 cm³/mol. The van der Waals surface area contributed by atoms with Crippen LogP contribution in [0.2, 0.25) is 0 Å².